The second-order valence-electron chi connectivity index (χ2n) is 5.07. The Labute approximate surface area is 147 Å². The van der Waals surface area contributed by atoms with Gasteiger partial charge in [0.2, 0.25) is 0 Å². The van der Waals surface area contributed by atoms with Crippen molar-refractivity contribution in [3.8, 4) is 5.75 Å². The molecule has 25 heavy (non-hydrogen) atoms. The van der Waals surface area contributed by atoms with Gasteiger partial charge in [-0.25, -0.2) is 9.69 Å². The molecule has 1 fully saturated rings. The molecule has 7 heteroatoms. The molecule has 0 aromatic heterocycles. The SMILES string of the molecule is O=C(O)COc1ccccc1/C=C1/SC(=O)N(c2ccccc2)C1=O. The number of aliphatic carboxylic acids is 1. The van der Waals surface area contributed by atoms with Crippen LogP contribution in [0.15, 0.2) is 59.5 Å². The van der Waals surface area contributed by atoms with Gasteiger partial charge in [0.1, 0.15) is 5.75 Å². The highest BCUT2D eigenvalue weighted by molar-refractivity contribution is 8.19. The average Bonchev–Trinajstić information content (AvgIpc) is 2.88. The molecule has 126 valence electrons. The number of imide groups is 1. The van der Waals surface area contributed by atoms with Crippen molar-refractivity contribution in [2.24, 2.45) is 0 Å². The second-order valence-corrected chi connectivity index (χ2v) is 6.07. The van der Waals surface area contributed by atoms with E-state index in [1.54, 1.807) is 54.6 Å². The van der Waals surface area contributed by atoms with E-state index in [9.17, 15) is 14.4 Å². The first-order chi connectivity index (χ1) is 12.1. The standard InChI is InChI=1S/C18H13NO5S/c20-16(21)11-24-14-9-5-4-6-12(14)10-15-17(22)19(18(23)25-15)13-7-2-1-3-8-13/h1-10H,11H2,(H,20,21)/b15-10+. The van der Waals surface area contributed by atoms with Crippen molar-refractivity contribution in [2.45, 2.75) is 0 Å². The third-order valence-electron chi connectivity index (χ3n) is 3.36. The number of hydrogen-bond acceptors (Lipinski definition) is 5. The number of ether oxygens (including phenoxy) is 1. The number of carboxylic acid groups (broad SMARTS) is 1. The van der Waals surface area contributed by atoms with Crippen LogP contribution >= 0.6 is 11.8 Å². The molecule has 0 aliphatic carbocycles. The Morgan fingerprint density at radius 1 is 1.08 bits per heavy atom. The van der Waals surface area contributed by atoms with Gasteiger partial charge in [-0.1, -0.05) is 36.4 Å². The molecule has 1 aliphatic heterocycles. The van der Waals surface area contributed by atoms with Gasteiger partial charge in [0, 0.05) is 5.56 Å². The van der Waals surface area contributed by atoms with Crippen molar-refractivity contribution in [3.05, 3.63) is 65.1 Å². The van der Waals surface area contributed by atoms with Gasteiger partial charge in [-0.3, -0.25) is 9.59 Å². The van der Waals surface area contributed by atoms with E-state index < -0.39 is 18.5 Å². The summed E-state index contributed by atoms with van der Waals surface area (Å²) in [5, 5.41) is 8.35. The fraction of sp³-hybridized carbons (Fsp3) is 0.0556. The van der Waals surface area contributed by atoms with Crippen LogP contribution in [0.2, 0.25) is 0 Å². The first-order valence-electron chi connectivity index (χ1n) is 7.33. The van der Waals surface area contributed by atoms with E-state index in [2.05, 4.69) is 0 Å². The molecule has 3 rings (SSSR count). The van der Waals surface area contributed by atoms with Crippen LogP contribution in [-0.2, 0) is 9.59 Å². The molecule has 1 saturated heterocycles. The minimum atomic E-state index is -1.10. The van der Waals surface area contributed by atoms with Gasteiger partial charge in [0.25, 0.3) is 11.1 Å². The van der Waals surface area contributed by atoms with Crippen LogP contribution in [0.1, 0.15) is 5.56 Å². The number of carbonyl (C=O) groups excluding carboxylic acids is 2. The number of amides is 2. The smallest absolute Gasteiger partial charge is 0.341 e. The molecule has 1 N–H and O–H groups in total. The van der Waals surface area contributed by atoms with E-state index >= 15 is 0 Å². The van der Waals surface area contributed by atoms with E-state index in [0.717, 1.165) is 16.7 Å². The van der Waals surface area contributed by atoms with Gasteiger partial charge in [-0.15, -0.1) is 0 Å². The zero-order valence-corrected chi connectivity index (χ0v) is 13.7. The van der Waals surface area contributed by atoms with Crippen LogP contribution in [-0.4, -0.2) is 28.8 Å². The van der Waals surface area contributed by atoms with Crippen LogP contribution < -0.4 is 9.64 Å². The number of benzene rings is 2. The lowest BCUT2D eigenvalue weighted by Gasteiger charge is -2.11. The van der Waals surface area contributed by atoms with Gasteiger partial charge in [-0.2, -0.15) is 0 Å². The number of rotatable bonds is 5. The van der Waals surface area contributed by atoms with Crippen molar-refractivity contribution < 1.29 is 24.2 Å². The number of carbonyl (C=O) groups is 3. The molecule has 2 aromatic carbocycles. The average molecular weight is 355 g/mol. The van der Waals surface area contributed by atoms with Crippen molar-refractivity contribution >= 4 is 40.6 Å². The van der Waals surface area contributed by atoms with Gasteiger partial charge >= 0.3 is 5.97 Å². The maximum atomic E-state index is 12.6. The highest BCUT2D eigenvalue weighted by Crippen LogP contribution is 2.36. The van der Waals surface area contributed by atoms with Gasteiger partial charge in [0.05, 0.1) is 10.6 Å². The molecule has 0 radical (unpaired) electrons. The summed E-state index contributed by atoms with van der Waals surface area (Å²) in [6, 6.07) is 15.4. The van der Waals surface area contributed by atoms with Crippen molar-refractivity contribution in [1.82, 2.24) is 0 Å². The first-order valence-corrected chi connectivity index (χ1v) is 8.14. The van der Waals surface area contributed by atoms with E-state index in [4.69, 9.17) is 9.84 Å². The van der Waals surface area contributed by atoms with Crippen molar-refractivity contribution in [2.75, 3.05) is 11.5 Å². The second kappa shape index (κ2) is 7.23. The van der Waals surface area contributed by atoms with Gasteiger partial charge in [-0.05, 0) is 36.0 Å². The van der Waals surface area contributed by atoms with E-state index in [1.807, 2.05) is 0 Å². The fourth-order valence-electron chi connectivity index (χ4n) is 2.28. The summed E-state index contributed by atoms with van der Waals surface area (Å²) in [6.45, 7) is -0.490. The zero-order valence-electron chi connectivity index (χ0n) is 12.9. The molecule has 6 nitrogen and oxygen atoms in total. The fourth-order valence-corrected chi connectivity index (χ4v) is 3.11. The lowest BCUT2D eigenvalue weighted by molar-refractivity contribution is -0.139. The molecular weight excluding hydrogens is 342 g/mol. The summed E-state index contributed by atoms with van der Waals surface area (Å²) in [5.41, 5.74) is 1.03. The molecule has 1 aliphatic rings. The van der Waals surface area contributed by atoms with Crippen LogP contribution in [0.5, 0.6) is 5.75 Å². The highest BCUT2D eigenvalue weighted by atomic mass is 32.2. The largest absolute Gasteiger partial charge is 0.481 e. The molecule has 0 bridgehead atoms. The molecular formula is C18H13NO5S. The van der Waals surface area contributed by atoms with Gasteiger partial charge < -0.3 is 9.84 Å². The number of anilines is 1. The topological polar surface area (TPSA) is 83.9 Å². The molecule has 2 aromatic rings. The monoisotopic (exact) mass is 355 g/mol. The Balaban J connectivity index is 1.89. The third-order valence-corrected chi connectivity index (χ3v) is 4.23. The van der Waals surface area contributed by atoms with E-state index in [-0.39, 0.29) is 10.1 Å². The van der Waals surface area contributed by atoms with Crippen LogP contribution in [0.25, 0.3) is 6.08 Å². The molecule has 0 unspecified atom stereocenters. The lowest BCUT2D eigenvalue weighted by Crippen LogP contribution is -2.27. The number of para-hydroxylation sites is 2. The zero-order chi connectivity index (χ0) is 17.8. The van der Waals surface area contributed by atoms with Crippen LogP contribution in [0.3, 0.4) is 0 Å². The van der Waals surface area contributed by atoms with Crippen LogP contribution in [0, 0.1) is 0 Å². The number of carboxylic acids is 1. The minimum absolute atomic E-state index is 0.250. The predicted molar refractivity (Wildman–Crippen MR) is 94.5 cm³/mol. The Kier molecular flexibility index (Phi) is 4.85. The maximum absolute atomic E-state index is 12.6. The molecule has 0 atom stereocenters. The molecule has 2 amide bonds. The van der Waals surface area contributed by atoms with E-state index in [1.165, 1.54) is 6.08 Å². The lowest BCUT2D eigenvalue weighted by atomic mass is 10.2. The first kappa shape index (κ1) is 16.8. The quantitative estimate of drug-likeness (QED) is 0.828. The molecule has 0 saturated carbocycles. The summed E-state index contributed by atoms with van der Waals surface area (Å²) in [7, 11) is 0. The summed E-state index contributed by atoms with van der Waals surface area (Å²) < 4.78 is 5.22. The third kappa shape index (κ3) is 3.72. The molecule has 0 spiro atoms. The minimum Gasteiger partial charge on any atom is -0.481 e. The summed E-state index contributed by atoms with van der Waals surface area (Å²) in [6.07, 6.45) is 1.53. The van der Waals surface area contributed by atoms with E-state index in [0.29, 0.717) is 17.0 Å². The summed E-state index contributed by atoms with van der Waals surface area (Å²) in [4.78, 5) is 36.8. The molecule has 1 heterocycles. The normalized spacial score (nSPS) is 15.7. The summed E-state index contributed by atoms with van der Waals surface area (Å²) >= 11 is 0.831. The number of hydrogen-bond donors (Lipinski definition) is 1. The maximum Gasteiger partial charge on any atom is 0.341 e. The number of nitrogens with zero attached hydrogens (tertiary/aromatic N) is 1. The Bertz CT molecular complexity index is 863. The highest BCUT2D eigenvalue weighted by Gasteiger charge is 2.36. The number of thioether (sulfide) groups is 1. The van der Waals surface area contributed by atoms with Gasteiger partial charge in [0.15, 0.2) is 6.61 Å². The Hall–Kier alpha value is -3.06. The summed E-state index contributed by atoms with van der Waals surface area (Å²) in [5.74, 6) is -1.19. The Morgan fingerprint density at radius 2 is 1.76 bits per heavy atom. The Morgan fingerprint density at radius 3 is 2.48 bits per heavy atom. The predicted octanol–water partition coefficient (Wildman–Crippen LogP) is 3.39. The van der Waals surface area contributed by atoms with Crippen molar-refractivity contribution in [1.29, 1.82) is 0 Å². The van der Waals surface area contributed by atoms with Crippen molar-refractivity contribution in [3.63, 3.8) is 0 Å². The van der Waals surface area contributed by atoms with Crippen LogP contribution in [0.4, 0.5) is 10.5 Å².